The molecule has 28 heavy (non-hydrogen) atoms. The number of carbonyl (C=O) groups excluding carboxylic acids is 1. The van der Waals surface area contributed by atoms with Gasteiger partial charge < -0.3 is 14.2 Å². The normalized spacial score (nSPS) is 16.5. The Hall–Kier alpha value is -1.89. The van der Waals surface area contributed by atoms with Crippen LogP contribution in [0.15, 0.2) is 12.1 Å². The van der Waals surface area contributed by atoms with Crippen molar-refractivity contribution in [1.82, 2.24) is 19.7 Å². The minimum absolute atomic E-state index is 0.184. The van der Waals surface area contributed by atoms with Crippen molar-refractivity contribution in [3.8, 4) is 0 Å². The van der Waals surface area contributed by atoms with Crippen LogP contribution in [0.2, 0.25) is 0 Å². The van der Waals surface area contributed by atoms with Crippen LogP contribution in [0.3, 0.4) is 0 Å². The molecule has 0 saturated carbocycles. The largest absolute Gasteiger partial charge is 0.444 e. The number of nitrogens with zero attached hydrogens (tertiary/aromatic N) is 4. The number of ether oxygens (including phenoxy) is 1. The van der Waals surface area contributed by atoms with Gasteiger partial charge in [0.05, 0.1) is 5.41 Å². The predicted molar refractivity (Wildman–Crippen MR) is 112 cm³/mol. The number of likely N-dealkylation sites (tertiary alicyclic amines) is 1. The molecule has 2 aromatic rings. The number of aromatic nitrogens is 3. The molecular formula is C21H32N4O2S. The summed E-state index contributed by atoms with van der Waals surface area (Å²) in [6, 6.07) is 4.35. The average Bonchev–Trinajstić information content (AvgIpc) is 3.20. The number of thiophene rings is 1. The third-order valence-electron chi connectivity index (χ3n) is 5.34. The van der Waals surface area contributed by atoms with Crippen LogP contribution in [0, 0.1) is 6.92 Å². The van der Waals surface area contributed by atoms with Gasteiger partial charge in [0.2, 0.25) is 0 Å². The minimum atomic E-state index is -0.460. The van der Waals surface area contributed by atoms with E-state index in [1.807, 2.05) is 32.1 Å². The number of hydrogen-bond donors (Lipinski definition) is 0. The van der Waals surface area contributed by atoms with Crippen LogP contribution >= 0.6 is 11.3 Å². The Bertz CT molecular complexity index is 839. The maximum Gasteiger partial charge on any atom is 0.410 e. The molecule has 1 amide bonds. The van der Waals surface area contributed by atoms with Crippen molar-refractivity contribution in [2.24, 2.45) is 7.05 Å². The summed E-state index contributed by atoms with van der Waals surface area (Å²) in [7, 11) is 2.06. The van der Waals surface area contributed by atoms with Gasteiger partial charge in [0.25, 0.3) is 0 Å². The van der Waals surface area contributed by atoms with Gasteiger partial charge in [-0.2, -0.15) is 0 Å². The molecular weight excluding hydrogens is 372 g/mol. The molecule has 0 spiro atoms. The molecule has 6 nitrogen and oxygen atoms in total. The van der Waals surface area contributed by atoms with Gasteiger partial charge in [-0.15, -0.1) is 21.5 Å². The Morgan fingerprint density at radius 1 is 1.14 bits per heavy atom. The van der Waals surface area contributed by atoms with E-state index in [1.165, 1.54) is 9.75 Å². The van der Waals surface area contributed by atoms with Crippen LogP contribution in [0.4, 0.5) is 4.79 Å². The van der Waals surface area contributed by atoms with Crippen molar-refractivity contribution in [1.29, 1.82) is 0 Å². The maximum atomic E-state index is 12.3. The third-order valence-corrected chi connectivity index (χ3v) is 6.66. The summed E-state index contributed by atoms with van der Waals surface area (Å²) in [5.74, 6) is 2.31. The molecule has 7 heteroatoms. The number of hydrogen-bond acceptors (Lipinski definition) is 5. The van der Waals surface area contributed by atoms with Gasteiger partial charge in [0.1, 0.15) is 17.2 Å². The number of carbonyl (C=O) groups is 1. The third kappa shape index (κ3) is 4.24. The molecule has 1 saturated heterocycles. The van der Waals surface area contributed by atoms with E-state index in [1.54, 1.807) is 4.90 Å². The van der Waals surface area contributed by atoms with Crippen LogP contribution in [0.25, 0.3) is 0 Å². The smallest absolute Gasteiger partial charge is 0.410 e. The van der Waals surface area contributed by atoms with Gasteiger partial charge in [-0.3, -0.25) is 0 Å². The summed E-state index contributed by atoms with van der Waals surface area (Å²) in [5.41, 5.74) is -0.645. The molecule has 0 atom stereocenters. The molecule has 0 aliphatic carbocycles. The highest BCUT2D eigenvalue weighted by atomic mass is 32.1. The first-order valence-corrected chi connectivity index (χ1v) is 10.8. The number of aryl methyl sites for hydroxylation is 1. The highest BCUT2D eigenvalue weighted by Gasteiger charge is 2.34. The van der Waals surface area contributed by atoms with Gasteiger partial charge >= 0.3 is 6.09 Å². The molecule has 0 N–H and O–H groups in total. The summed E-state index contributed by atoms with van der Waals surface area (Å²) in [5, 5.41) is 9.12. The van der Waals surface area contributed by atoms with Crippen LogP contribution in [0.1, 0.15) is 74.8 Å². The fourth-order valence-corrected chi connectivity index (χ4v) is 4.73. The van der Waals surface area contributed by atoms with Gasteiger partial charge in [-0.1, -0.05) is 0 Å². The van der Waals surface area contributed by atoms with Crippen molar-refractivity contribution >= 4 is 17.4 Å². The Kier molecular flexibility index (Phi) is 5.58. The lowest BCUT2D eigenvalue weighted by atomic mass is 9.90. The zero-order valence-electron chi connectivity index (χ0n) is 18.1. The zero-order chi connectivity index (χ0) is 20.7. The summed E-state index contributed by atoms with van der Waals surface area (Å²) in [6.45, 7) is 13.6. The Morgan fingerprint density at radius 2 is 1.79 bits per heavy atom. The van der Waals surface area contributed by atoms with Gasteiger partial charge in [0.15, 0.2) is 0 Å². The van der Waals surface area contributed by atoms with Gasteiger partial charge in [-0.05, 0) is 66.5 Å². The predicted octanol–water partition coefficient (Wildman–Crippen LogP) is 4.63. The molecule has 154 valence electrons. The fourth-order valence-electron chi connectivity index (χ4n) is 3.77. The zero-order valence-corrected chi connectivity index (χ0v) is 18.9. The van der Waals surface area contributed by atoms with Crippen molar-refractivity contribution in [3.05, 3.63) is 33.5 Å². The first-order valence-electron chi connectivity index (χ1n) is 9.93. The van der Waals surface area contributed by atoms with E-state index >= 15 is 0 Å². The summed E-state index contributed by atoms with van der Waals surface area (Å²) in [6.07, 6.45) is 1.53. The molecule has 0 radical (unpaired) electrons. The van der Waals surface area contributed by atoms with Crippen molar-refractivity contribution in [3.63, 3.8) is 0 Å². The monoisotopic (exact) mass is 404 g/mol. The second kappa shape index (κ2) is 7.50. The number of rotatable bonds is 3. The maximum absolute atomic E-state index is 12.3. The van der Waals surface area contributed by atoms with Crippen LogP contribution in [-0.2, 0) is 17.2 Å². The number of piperidine rings is 1. The van der Waals surface area contributed by atoms with Crippen LogP contribution in [0.5, 0.6) is 0 Å². The van der Waals surface area contributed by atoms with Crippen molar-refractivity contribution < 1.29 is 9.53 Å². The molecule has 1 aliphatic rings. The van der Waals surface area contributed by atoms with E-state index in [0.717, 1.165) is 24.5 Å². The van der Waals surface area contributed by atoms with Crippen LogP contribution in [-0.4, -0.2) is 44.4 Å². The molecule has 0 aromatic carbocycles. The van der Waals surface area contributed by atoms with Crippen molar-refractivity contribution in [2.45, 2.75) is 71.3 Å². The molecule has 0 bridgehead atoms. The van der Waals surface area contributed by atoms with E-state index in [-0.39, 0.29) is 11.5 Å². The Labute approximate surface area is 171 Å². The second-order valence-electron chi connectivity index (χ2n) is 9.22. The van der Waals surface area contributed by atoms with E-state index < -0.39 is 5.60 Å². The second-order valence-corrected chi connectivity index (χ2v) is 10.5. The summed E-state index contributed by atoms with van der Waals surface area (Å²) < 4.78 is 7.65. The quantitative estimate of drug-likeness (QED) is 0.749. The first-order chi connectivity index (χ1) is 13.0. The van der Waals surface area contributed by atoms with Gasteiger partial charge in [0, 0.05) is 35.8 Å². The van der Waals surface area contributed by atoms with E-state index in [2.05, 4.69) is 54.7 Å². The van der Waals surface area contributed by atoms with E-state index in [0.29, 0.717) is 19.0 Å². The minimum Gasteiger partial charge on any atom is -0.444 e. The molecule has 1 aliphatic heterocycles. The average molecular weight is 405 g/mol. The highest BCUT2D eigenvalue weighted by Crippen LogP contribution is 2.36. The SMILES string of the molecule is Cc1ccc(C(C)(C)c2nnc(C3CCN(C(=O)OC(C)(C)C)CC3)n2C)s1. The first kappa shape index (κ1) is 20.8. The highest BCUT2D eigenvalue weighted by molar-refractivity contribution is 7.12. The van der Waals surface area contributed by atoms with Crippen LogP contribution < -0.4 is 0 Å². The Morgan fingerprint density at radius 3 is 2.32 bits per heavy atom. The summed E-state index contributed by atoms with van der Waals surface area (Å²) >= 11 is 1.81. The summed E-state index contributed by atoms with van der Waals surface area (Å²) in [4.78, 5) is 16.7. The van der Waals surface area contributed by atoms with Crippen molar-refractivity contribution in [2.75, 3.05) is 13.1 Å². The van der Waals surface area contributed by atoms with Gasteiger partial charge in [-0.25, -0.2) is 4.79 Å². The molecule has 0 unspecified atom stereocenters. The lowest BCUT2D eigenvalue weighted by Crippen LogP contribution is -2.41. The Balaban J connectivity index is 1.71. The fraction of sp³-hybridized carbons (Fsp3) is 0.667. The molecule has 1 fully saturated rings. The standard InChI is InChI=1S/C21H32N4O2S/c1-14-8-9-16(28-14)21(5,6)18-23-22-17(24(18)7)15-10-12-25(13-11-15)19(26)27-20(2,3)4/h8-9,15H,10-13H2,1-7H3. The van der Waals surface area contributed by atoms with E-state index in [9.17, 15) is 4.79 Å². The van der Waals surface area contributed by atoms with E-state index in [4.69, 9.17) is 4.74 Å². The lowest BCUT2D eigenvalue weighted by Gasteiger charge is -2.33. The molecule has 2 aromatic heterocycles. The number of amides is 1. The molecule has 3 heterocycles. The topological polar surface area (TPSA) is 60.3 Å². The lowest BCUT2D eigenvalue weighted by molar-refractivity contribution is 0.0202. The molecule has 3 rings (SSSR count).